The minimum absolute atomic E-state index is 0.0777. The lowest BCUT2D eigenvalue weighted by atomic mass is 10.1. The number of ketones is 1. The number of rotatable bonds is 8. The van der Waals surface area contributed by atoms with Gasteiger partial charge in [-0.2, -0.15) is 0 Å². The van der Waals surface area contributed by atoms with Crippen LogP contribution in [0.25, 0.3) is 0 Å². The van der Waals surface area contributed by atoms with Crippen molar-refractivity contribution in [3.8, 4) is 0 Å². The van der Waals surface area contributed by atoms with Crippen LogP contribution in [0.2, 0.25) is 18.1 Å². The molecule has 0 saturated carbocycles. The summed E-state index contributed by atoms with van der Waals surface area (Å²) in [5.74, 6) is -1.19. The molecule has 0 bridgehead atoms. The molecule has 0 amide bonds. The number of methoxy groups -OCH3 is 1. The summed E-state index contributed by atoms with van der Waals surface area (Å²) in [7, 11) is -0.404. The van der Waals surface area contributed by atoms with E-state index in [-0.39, 0.29) is 24.0 Å². The van der Waals surface area contributed by atoms with Gasteiger partial charge < -0.3 is 18.6 Å². The van der Waals surface area contributed by atoms with Crippen LogP contribution in [0.1, 0.15) is 26.3 Å². The molecule has 1 aliphatic rings. The van der Waals surface area contributed by atoms with Crippen molar-refractivity contribution in [3.63, 3.8) is 0 Å². The number of carbonyl (C=O) groups is 1. The van der Waals surface area contributed by atoms with E-state index in [0.717, 1.165) is 5.56 Å². The van der Waals surface area contributed by atoms with Crippen LogP contribution in [-0.2, 0) is 30.0 Å². The highest BCUT2D eigenvalue weighted by Crippen LogP contribution is 2.37. The molecule has 1 aromatic carbocycles. The highest BCUT2D eigenvalue weighted by Gasteiger charge is 2.43. The zero-order chi connectivity index (χ0) is 20.1. The topological polar surface area (TPSA) is 54.0 Å². The standard InChI is InChI=1S/C21H32O5Si/c1-20(2,3)27(5,6)25-16-21(23-4)13-12-18(22)19(26-21)15-24-14-17-10-8-7-9-11-17/h7-13,19H,14-16H2,1-6H3/t19-,21+/m0/s1. The molecule has 0 saturated heterocycles. The van der Waals surface area contributed by atoms with Crippen LogP contribution in [0.3, 0.4) is 0 Å². The van der Waals surface area contributed by atoms with E-state index in [9.17, 15) is 4.79 Å². The zero-order valence-corrected chi connectivity index (χ0v) is 18.3. The number of hydrogen-bond acceptors (Lipinski definition) is 5. The van der Waals surface area contributed by atoms with Crippen LogP contribution >= 0.6 is 0 Å². The molecule has 0 radical (unpaired) electrons. The largest absolute Gasteiger partial charge is 0.411 e. The van der Waals surface area contributed by atoms with Gasteiger partial charge in [0, 0.05) is 7.11 Å². The van der Waals surface area contributed by atoms with Gasteiger partial charge in [0.2, 0.25) is 5.79 Å². The van der Waals surface area contributed by atoms with E-state index in [2.05, 4.69) is 33.9 Å². The third kappa shape index (κ3) is 5.83. The second-order valence-electron chi connectivity index (χ2n) is 8.41. The van der Waals surface area contributed by atoms with Gasteiger partial charge in [0.05, 0.1) is 19.8 Å². The normalized spacial score (nSPS) is 23.6. The fraction of sp³-hybridized carbons (Fsp3) is 0.571. The third-order valence-electron chi connectivity index (χ3n) is 5.33. The fourth-order valence-corrected chi connectivity index (χ4v) is 3.38. The summed E-state index contributed by atoms with van der Waals surface area (Å²) in [6.45, 7) is 11.7. The van der Waals surface area contributed by atoms with E-state index in [1.54, 1.807) is 13.2 Å². The number of benzene rings is 1. The lowest BCUT2D eigenvalue weighted by Gasteiger charge is -2.41. The molecule has 2 rings (SSSR count). The molecule has 0 aliphatic carbocycles. The minimum atomic E-state index is -1.97. The number of ether oxygens (including phenoxy) is 3. The molecule has 6 heteroatoms. The van der Waals surface area contributed by atoms with Crippen molar-refractivity contribution in [2.75, 3.05) is 20.3 Å². The second kappa shape index (κ2) is 8.79. The maximum atomic E-state index is 12.2. The van der Waals surface area contributed by atoms with Gasteiger partial charge >= 0.3 is 0 Å². The van der Waals surface area contributed by atoms with Crippen molar-refractivity contribution in [2.24, 2.45) is 0 Å². The van der Waals surface area contributed by atoms with Gasteiger partial charge in [-0.25, -0.2) is 0 Å². The second-order valence-corrected chi connectivity index (χ2v) is 13.2. The van der Waals surface area contributed by atoms with E-state index in [1.165, 1.54) is 6.08 Å². The Morgan fingerprint density at radius 3 is 2.44 bits per heavy atom. The number of carbonyl (C=O) groups excluding carboxylic acids is 1. The molecule has 2 atom stereocenters. The minimum Gasteiger partial charge on any atom is -0.411 e. The Balaban J connectivity index is 1.97. The van der Waals surface area contributed by atoms with Crippen LogP contribution in [0.15, 0.2) is 42.5 Å². The van der Waals surface area contributed by atoms with E-state index in [1.807, 2.05) is 30.3 Å². The van der Waals surface area contributed by atoms with E-state index in [4.69, 9.17) is 18.6 Å². The van der Waals surface area contributed by atoms with Crippen molar-refractivity contribution in [2.45, 2.75) is 57.4 Å². The van der Waals surface area contributed by atoms with Gasteiger partial charge in [0.15, 0.2) is 14.1 Å². The first kappa shape index (κ1) is 22.0. The van der Waals surface area contributed by atoms with Gasteiger partial charge in [0.25, 0.3) is 0 Å². The van der Waals surface area contributed by atoms with Crippen molar-refractivity contribution < 1.29 is 23.4 Å². The van der Waals surface area contributed by atoms with Crippen LogP contribution in [0, 0.1) is 0 Å². The summed E-state index contributed by atoms with van der Waals surface area (Å²) >= 11 is 0. The molecule has 0 spiro atoms. The summed E-state index contributed by atoms with van der Waals surface area (Å²) in [6, 6.07) is 9.83. The lowest BCUT2D eigenvalue weighted by Crippen LogP contribution is -2.51. The molecule has 0 unspecified atom stereocenters. The SMILES string of the molecule is CO[C@]1(CO[Si](C)(C)C(C)(C)C)C=CC(=O)[C@H](COCc2ccccc2)O1. The maximum Gasteiger partial charge on any atom is 0.211 e. The first-order valence-corrected chi connectivity index (χ1v) is 12.2. The highest BCUT2D eigenvalue weighted by atomic mass is 28.4. The van der Waals surface area contributed by atoms with Crippen LogP contribution in [0.4, 0.5) is 0 Å². The molecule has 1 heterocycles. The molecule has 5 nitrogen and oxygen atoms in total. The molecular formula is C21H32O5Si. The average Bonchev–Trinajstić information content (AvgIpc) is 2.62. The molecule has 0 fully saturated rings. The van der Waals surface area contributed by atoms with Crippen molar-refractivity contribution >= 4 is 14.1 Å². The van der Waals surface area contributed by atoms with E-state index >= 15 is 0 Å². The molecule has 150 valence electrons. The van der Waals surface area contributed by atoms with Crippen LogP contribution in [-0.4, -0.2) is 46.3 Å². The average molecular weight is 393 g/mol. The summed E-state index contributed by atoms with van der Waals surface area (Å²) < 4.78 is 23.6. The molecule has 1 aromatic rings. The summed E-state index contributed by atoms with van der Waals surface area (Å²) in [5, 5.41) is 0.0777. The summed E-state index contributed by atoms with van der Waals surface area (Å²) in [6.07, 6.45) is 2.45. The van der Waals surface area contributed by atoms with Gasteiger partial charge in [-0.3, -0.25) is 4.79 Å². The van der Waals surface area contributed by atoms with Crippen molar-refractivity contribution in [3.05, 3.63) is 48.0 Å². The Bertz CT molecular complexity index is 650. The Hall–Kier alpha value is -1.31. The van der Waals surface area contributed by atoms with Crippen LogP contribution < -0.4 is 0 Å². The zero-order valence-electron chi connectivity index (χ0n) is 17.3. The highest BCUT2D eigenvalue weighted by molar-refractivity contribution is 6.74. The van der Waals surface area contributed by atoms with Gasteiger partial charge in [0.1, 0.15) is 6.10 Å². The molecular weight excluding hydrogens is 360 g/mol. The van der Waals surface area contributed by atoms with Gasteiger partial charge in [-0.15, -0.1) is 0 Å². The molecule has 0 N–H and O–H groups in total. The third-order valence-corrected chi connectivity index (χ3v) is 9.81. The molecule has 0 aromatic heterocycles. The fourth-order valence-electron chi connectivity index (χ4n) is 2.38. The predicted octanol–water partition coefficient (Wildman–Crippen LogP) is 4.09. The summed E-state index contributed by atoms with van der Waals surface area (Å²) in [4.78, 5) is 12.2. The predicted molar refractivity (Wildman–Crippen MR) is 108 cm³/mol. The van der Waals surface area contributed by atoms with Crippen LogP contribution in [0.5, 0.6) is 0 Å². The quantitative estimate of drug-likeness (QED) is 0.624. The van der Waals surface area contributed by atoms with E-state index in [0.29, 0.717) is 6.61 Å². The van der Waals surface area contributed by atoms with Gasteiger partial charge in [-0.1, -0.05) is 51.1 Å². The smallest absolute Gasteiger partial charge is 0.211 e. The molecule has 27 heavy (non-hydrogen) atoms. The van der Waals surface area contributed by atoms with Crippen molar-refractivity contribution in [1.29, 1.82) is 0 Å². The van der Waals surface area contributed by atoms with E-state index < -0.39 is 20.2 Å². The summed E-state index contributed by atoms with van der Waals surface area (Å²) in [5.41, 5.74) is 1.05. The Morgan fingerprint density at radius 1 is 1.19 bits per heavy atom. The lowest BCUT2D eigenvalue weighted by molar-refractivity contribution is -0.237. The molecule has 1 aliphatic heterocycles. The number of hydrogen-bond donors (Lipinski definition) is 0. The first-order valence-electron chi connectivity index (χ1n) is 9.30. The van der Waals surface area contributed by atoms with Gasteiger partial charge in [-0.05, 0) is 35.8 Å². The first-order chi connectivity index (χ1) is 12.6. The maximum absolute atomic E-state index is 12.2. The Kier molecular flexibility index (Phi) is 7.16. The Labute approximate surface area is 163 Å². The Morgan fingerprint density at radius 2 is 1.85 bits per heavy atom. The monoisotopic (exact) mass is 392 g/mol. The van der Waals surface area contributed by atoms with Crippen molar-refractivity contribution in [1.82, 2.24) is 0 Å².